The SMILES string of the molecule is CN[C@H]1[C@@H](O)[C@@H](n2cnc3c(N)ncnc32)O[C@H]1CO. The highest BCUT2D eigenvalue weighted by Crippen LogP contribution is 2.31. The van der Waals surface area contributed by atoms with Crippen LogP contribution in [0.15, 0.2) is 12.7 Å². The molecule has 0 aliphatic carbocycles. The lowest BCUT2D eigenvalue weighted by Gasteiger charge is -2.18. The van der Waals surface area contributed by atoms with Gasteiger partial charge in [-0.25, -0.2) is 15.0 Å². The molecule has 1 fully saturated rings. The highest BCUT2D eigenvalue weighted by atomic mass is 16.5. The summed E-state index contributed by atoms with van der Waals surface area (Å²) >= 11 is 0. The zero-order chi connectivity index (χ0) is 14.3. The van der Waals surface area contributed by atoms with Crippen LogP contribution in [-0.4, -0.2) is 61.6 Å². The van der Waals surface area contributed by atoms with Crippen LogP contribution in [0.5, 0.6) is 0 Å². The number of aromatic nitrogens is 4. The number of ether oxygens (including phenoxy) is 1. The van der Waals surface area contributed by atoms with Crippen LogP contribution in [0.3, 0.4) is 0 Å². The number of fused-ring (bicyclic) bond motifs is 1. The molecule has 0 amide bonds. The van der Waals surface area contributed by atoms with Crippen molar-refractivity contribution in [2.75, 3.05) is 19.4 Å². The maximum absolute atomic E-state index is 10.3. The number of anilines is 1. The Bertz CT molecular complexity index is 617. The van der Waals surface area contributed by atoms with Gasteiger partial charge >= 0.3 is 0 Å². The second-order valence-corrected chi connectivity index (χ2v) is 4.64. The Balaban J connectivity index is 2.01. The fourth-order valence-corrected chi connectivity index (χ4v) is 2.54. The maximum atomic E-state index is 10.3. The molecule has 1 aliphatic rings. The molecule has 2 aromatic rings. The molecule has 4 atom stereocenters. The summed E-state index contributed by atoms with van der Waals surface area (Å²) in [5.74, 6) is 0.269. The molecule has 0 bridgehead atoms. The molecule has 3 heterocycles. The summed E-state index contributed by atoms with van der Waals surface area (Å²) in [4.78, 5) is 12.1. The number of hydrogen-bond acceptors (Lipinski definition) is 8. The van der Waals surface area contributed by atoms with E-state index in [-0.39, 0.29) is 18.5 Å². The van der Waals surface area contributed by atoms with Gasteiger partial charge < -0.3 is 26.0 Å². The number of nitrogens with one attached hydrogen (secondary N) is 1. The number of aliphatic hydroxyl groups excluding tert-OH is 2. The summed E-state index contributed by atoms with van der Waals surface area (Å²) in [5, 5.41) is 22.6. The Kier molecular flexibility index (Phi) is 3.26. The first-order valence-corrected chi connectivity index (χ1v) is 6.22. The Morgan fingerprint density at radius 3 is 2.90 bits per heavy atom. The van der Waals surface area contributed by atoms with Crippen molar-refractivity contribution in [1.29, 1.82) is 0 Å². The molecule has 9 heteroatoms. The molecule has 0 aromatic carbocycles. The van der Waals surface area contributed by atoms with Crippen molar-refractivity contribution in [3.8, 4) is 0 Å². The van der Waals surface area contributed by atoms with Gasteiger partial charge in [-0.3, -0.25) is 4.57 Å². The number of nitrogens with zero attached hydrogens (tertiary/aromatic N) is 4. The molecule has 9 nitrogen and oxygen atoms in total. The Labute approximate surface area is 114 Å². The normalized spacial score (nSPS) is 30.1. The van der Waals surface area contributed by atoms with Crippen molar-refractivity contribution in [2.45, 2.75) is 24.5 Å². The van der Waals surface area contributed by atoms with Gasteiger partial charge in [-0.05, 0) is 7.05 Å². The van der Waals surface area contributed by atoms with E-state index in [9.17, 15) is 10.2 Å². The molecular weight excluding hydrogens is 264 g/mol. The first-order chi connectivity index (χ1) is 9.67. The minimum Gasteiger partial charge on any atom is -0.394 e. The van der Waals surface area contributed by atoms with Crippen LogP contribution >= 0.6 is 0 Å². The maximum Gasteiger partial charge on any atom is 0.167 e. The van der Waals surface area contributed by atoms with Crippen molar-refractivity contribution in [2.24, 2.45) is 0 Å². The van der Waals surface area contributed by atoms with Crippen molar-refractivity contribution < 1.29 is 14.9 Å². The summed E-state index contributed by atoms with van der Waals surface area (Å²) in [6.07, 6.45) is 0.790. The van der Waals surface area contributed by atoms with Crippen LogP contribution in [0.4, 0.5) is 5.82 Å². The monoisotopic (exact) mass is 280 g/mol. The number of likely N-dealkylation sites (N-methyl/N-ethyl adjacent to an activating group) is 1. The van der Waals surface area contributed by atoms with Gasteiger partial charge in [0.05, 0.1) is 19.0 Å². The van der Waals surface area contributed by atoms with Gasteiger partial charge in [-0.15, -0.1) is 0 Å². The number of nitrogen functional groups attached to an aromatic ring is 1. The Morgan fingerprint density at radius 1 is 1.45 bits per heavy atom. The second kappa shape index (κ2) is 4.94. The minimum atomic E-state index is -0.842. The third kappa shape index (κ3) is 1.83. The number of rotatable bonds is 3. The molecule has 5 N–H and O–H groups in total. The number of aliphatic hydroxyl groups is 2. The number of nitrogens with two attached hydrogens (primary N) is 1. The Morgan fingerprint density at radius 2 is 2.25 bits per heavy atom. The molecule has 1 aliphatic heterocycles. The molecule has 0 unspecified atom stereocenters. The first-order valence-electron chi connectivity index (χ1n) is 6.22. The van der Waals surface area contributed by atoms with Crippen molar-refractivity contribution in [1.82, 2.24) is 24.8 Å². The predicted octanol–water partition coefficient (Wildman–Crippen LogP) is -1.75. The van der Waals surface area contributed by atoms with Crippen LogP contribution in [-0.2, 0) is 4.74 Å². The molecule has 1 saturated heterocycles. The van der Waals surface area contributed by atoms with Crippen LogP contribution in [0, 0.1) is 0 Å². The lowest BCUT2D eigenvalue weighted by atomic mass is 10.1. The van der Waals surface area contributed by atoms with Gasteiger partial charge in [-0.1, -0.05) is 0 Å². The quantitative estimate of drug-likeness (QED) is 0.520. The fraction of sp³-hybridized carbons (Fsp3) is 0.545. The van der Waals surface area contributed by atoms with E-state index >= 15 is 0 Å². The van der Waals surface area contributed by atoms with Gasteiger partial charge in [0, 0.05) is 0 Å². The average molecular weight is 280 g/mol. The third-order valence-corrected chi connectivity index (χ3v) is 3.55. The van der Waals surface area contributed by atoms with Gasteiger partial charge in [0.15, 0.2) is 17.7 Å². The number of imidazole rings is 1. The standard InChI is InChI=1S/C11H16N6O3/c1-13-6-5(2-18)20-11(8(6)19)17-4-16-7-9(12)14-3-15-10(7)17/h3-6,8,11,13,18-19H,2H2,1H3,(H2,12,14,15)/t5-,6+,8+,11-/m0/s1. The fourth-order valence-electron chi connectivity index (χ4n) is 2.54. The highest BCUT2D eigenvalue weighted by Gasteiger charge is 2.44. The van der Waals surface area contributed by atoms with Gasteiger partial charge in [0.2, 0.25) is 0 Å². The molecule has 0 radical (unpaired) electrons. The molecule has 0 saturated carbocycles. The predicted molar refractivity (Wildman–Crippen MR) is 69.6 cm³/mol. The molecular formula is C11H16N6O3. The van der Waals surface area contributed by atoms with Crippen molar-refractivity contribution in [3.05, 3.63) is 12.7 Å². The van der Waals surface area contributed by atoms with Gasteiger partial charge in [0.25, 0.3) is 0 Å². The van der Waals surface area contributed by atoms with E-state index in [0.29, 0.717) is 11.2 Å². The van der Waals surface area contributed by atoms with Crippen LogP contribution < -0.4 is 11.1 Å². The van der Waals surface area contributed by atoms with Crippen LogP contribution in [0.25, 0.3) is 11.2 Å². The van der Waals surface area contributed by atoms with Crippen molar-refractivity contribution >= 4 is 17.0 Å². The topological polar surface area (TPSA) is 131 Å². The highest BCUT2D eigenvalue weighted by molar-refractivity contribution is 5.81. The molecule has 2 aromatic heterocycles. The lowest BCUT2D eigenvalue weighted by molar-refractivity contribution is -0.0489. The van der Waals surface area contributed by atoms with E-state index in [2.05, 4.69) is 20.3 Å². The summed E-state index contributed by atoms with van der Waals surface area (Å²) < 4.78 is 7.27. The van der Waals surface area contributed by atoms with Crippen LogP contribution in [0.2, 0.25) is 0 Å². The van der Waals surface area contributed by atoms with Gasteiger partial charge in [0.1, 0.15) is 24.1 Å². The molecule has 3 rings (SSSR count). The average Bonchev–Trinajstić information content (AvgIpc) is 3.00. The summed E-state index contributed by atoms with van der Waals surface area (Å²) in [6.45, 7) is -0.192. The minimum absolute atomic E-state index is 0.192. The van der Waals surface area contributed by atoms with E-state index in [1.807, 2.05) is 0 Å². The summed E-state index contributed by atoms with van der Waals surface area (Å²) in [5.41, 5.74) is 6.66. The van der Waals surface area contributed by atoms with Crippen LogP contribution in [0.1, 0.15) is 6.23 Å². The summed E-state index contributed by atoms with van der Waals surface area (Å²) in [7, 11) is 1.70. The molecule has 108 valence electrons. The summed E-state index contributed by atoms with van der Waals surface area (Å²) in [6, 6.07) is -0.373. The second-order valence-electron chi connectivity index (χ2n) is 4.64. The Hall–Kier alpha value is -1.81. The largest absolute Gasteiger partial charge is 0.394 e. The third-order valence-electron chi connectivity index (χ3n) is 3.55. The van der Waals surface area contributed by atoms with Crippen molar-refractivity contribution in [3.63, 3.8) is 0 Å². The van der Waals surface area contributed by atoms with E-state index < -0.39 is 18.4 Å². The van der Waals surface area contributed by atoms with E-state index in [1.165, 1.54) is 12.7 Å². The zero-order valence-electron chi connectivity index (χ0n) is 10.8. The number of hydrogen-bond donors (Lipinski definition) is 4. The van der Waals surface area contributed by atoms with Gasteiger partial charge in [-0.2, -0.15) is 0 Å². The van der Waals surface area contributed by atoms with E-state index in [4.69, 9.17) is 10.5 Å². The zero-order valence-corrected chi connectivity index (χ0v) is 10.8. The lowest BCUT2D eigenvalue weighted by Crippen LogP contribution is -2.43. The van der Waals surface area contributed by atoms with E-state index in [0.717, 1.165) is 0 Å². The smallest absolute Gasteiger partial charge is 0.167 e. The van der Waals surface area contributed by atoms with E-state index in [1.54, 1.807) is 11.6 Å². The first kappa shape index (κ1) is 13.2. The molecule has 0 spiro atoms. The molecule has 20 heavy (non-hydrogen) atoms.